The summed E-state index contributed by atoms with van der Waals surface area (Å²) in [4.78, 5) is 22.8. The Labute approximate surface area is 122 Å². The first-order chi connectivity index (χ1) is 9.93. The third kappa shape index (κ3) is 2.79. The number of carbonyl (C=O) groups is 2. The summed E-state index contributed by atoms with van der Waals surface area (Å²) in [6.45, 7) is 3.92. The van der Waals surface area contributed by atoms with Crippen LogP contribution in [0.25, 0.3) is 5.57 Å². The summed E-state index contributed by atoms with van der Waals surface area (Å²) >= 11 is 0. The van der Waals surface area contributed by atoms with Crippen LogP contribution in [0.15, 0.2) is 47.6 Å². The van der Waals surface area contributed by atoms with Crippen LogP contribution < -0.4 is 0 Å². The van der Waals surface area contributed by atoms with E-state index in [1.54, 1.807) is 12.1 Å². The zero-order valence-corrected chi connectivity index (χ0v) is 11.9. The van der Waals surface area contributed by atoms with E-state index in [9.17, 15) is 19.8 Å². The lowest BCUT2D eigenvalue weighted by molar-refractivity contribution is 0.0651. The van der Waals surface area contributed by atoms with Crippen LogP contribution in [0.1, 0.15) is 46.5 Å². The minimum absolute atomic E-state index is 0.162. The molecule has 0 saturated carbocycles. The van der Waals surface area contributed by atoms with Crippen LogP contribution in [-0.4, -0.2) is 22.2 Å². The molecule has 0 aliphatic heterocycles. The summed E-state index contributed by atoms with van der Waals surface area (Å²) in [5.74, 6) is -2.47. The molecule has 2 rings (SSSR count). The van der Waals surface area contributed by atoms with Crippen molar-refractivity contribution in [2.75, 3.05) is 0 Å². The fourth-order valence-corrected chi connectivity index (χ4v) is 2.47. The fourth-order valence-electron chi connectivity index (χ4n) is 2.47. The number of carboxylic acid groups (broad SMARTS) is 2. The molecular weight excluding hydrogens is 268 g/mol. The number of benzene rings is 1. The standard InChI is InChI=1S/C17H16O4/c1-10(2)11-6-3-4-7-12(11)13-8-5-9-14(16(18)19)15(13)17(20)21/h3-5,7-9H,6H2,1-2H3,(H,18,19)(H,20,21). The first kappa shape index (κ1) is 14.8. The van der Waals surface area contributed by atoms with Crippen molar-refractivity contribution >= 4 is 17.5 Å². The Morgan fingerprint density at radius 2 is 1.81 bits per heavy atom. The maximum absolute atomic E-state index is 11.5. The van der Waals surface area contributed by atoms with Crippen molar-refractivity contribution in [1.82, 2.24) is 0 Å². The van der Waals surface area contributed by atoms with Gasteiger partial charge >= 0.3 is 11.9 Å². The van der Waals surface area contributed by atoms with Crippen LogP contribution in [0.3, 0.4) is 0 Å². The van der Waals surface area contributed by atoms with E-state index in [4.69, 9.17) is 0 Å². The second-order valence-corrected chi connectivity index (χ2v) is 5.03. The molecule has 108 valence electrons. The van der Waals surface area contributed by atoms with Gasteiger partial charge in [-0.25, -0.2) is 9.59 Å². The summed E-state index contributed by atoms with van der Waals surface area (Å²) in [5, 5.41) is 18.6. The highest BCUT2D eigenvalue weighted by atomic mass is 16.4. The number of carboxylic acids is 2. The van der Waals surface area contributed by atoms with Crippen LogP contribution in [-0.2, 0) is 0 Å². The van der Waals surface area contributed by atoms with Crippen molar-refractivity contribution in [3.63, 3.8) is 0 Å². The van der Waals surface area contributed by atoms with Gasteiger partial charge in [0.1, 0.15) is 0 Å². The topological polar surface area (TPSA) is 74.6 Å². The Morgan fingerprint density at radius 1 is 1.10 bits per heavy atom. The Kier molecular flexibility index (Phi) is 4.08. The fraction of sp³-hybridized carbons (Fsp3) is 0.176. The molecule has 0 heterocycles. The van der Waals surface area contributed by atoms with Crippen LogP contribution in [0.2, 0.25) is 0 Å². The predicted octanol–water partition coefficient (Wildman–Crippen LogP) is 3.76. The maximum Gasteiger partial charge on any atom is 0.337 e. The molecule has 0 amide bonds. The highest BCUT2D eigenvalue weighted by Crippen LogP contribution is 2.34. The van der Waals surface area contributed by atoms with Crippen LogP contribution in [0.5, 0.6) is 0 Å². The Hall–Kier alpha value is -2.62. The summed E-state index contributed by atoms with van der Waals surface area (Å²) in [6.07, 6.45) is 6.40. The molecule has 4 nitrogen and oxygen atoms in total. The van der Waals surface area contributed by atoms with Crippen LogP contribution in [0.4, 0.5) is 0 Å². The molecule has 2 N–H and O–H groups in total. The smallest absolute Gasteiger partial charge is 0.337 e. The van der Waals surface area contributed by atoms with Gasteiger partial charge in [-0.1, -0.05) is 35.9 Å². The average Bonchev–Trinajstić information content (AvgIpc) is 2.46. The molecule has 1 aromatic carbocycles. The molecule has 0 spiro atoms. The Balaban J connectivity index is 2.75. The lowest BCUT2D eigenvalue weighted by atomic mass is 9.85. The number of aromatic carboxylic acids is 2. The summed E-state index contributed by atoms with van der Waals surface area (Å²) in [7, 11) is 0. The van der Waals surface area contributed by atoms with Gasteiger partial charge in [-0.15, -0.1) is 0 Å². The number of hydrogen-bond donors (Lipinski definition) is 2. The number of hydrogen-bond acceptors (Lipinski definition) is 2. The summed E-state index contributed by atoms with van der Waals surface area (Å²) in [6, 6.07) is 4.55. The molecule has 0 fully saturated rings. The molecule has 1 aromatic rings. The summed E-state index contributed by atoms with van der Waals surface area (Å²) in [5.41, 5.74) is 2.99. The van der Waals surface area contributed by atoms with E-state index in [2.05, 4.69) is 0 Å². The Morgan fingerprint density at radius 3 is 2.38 bits per heavy atom. The van der Waals surface area contributed by atoms with Crippen LogP contribution in [0, 0.1) is 0 Å². The molecule has 0 radical (unpaired) electrons. The van der Waals surface area contributed by atoms with Gasteiger partial charge in [-0.05, 0) is 43.0 Å². The van der Waals surface area contributed by atoms with E-state index in [0.29, 0.717) is 12.0 Å². The van der Waals surface area contributed by atoms with Gasteiger partial charge in [0.25, 0.3) is 0 Å². The molecule has 0 aromatic heterocycles. The van der Waals surface area contributed by atoms with E-state index in [0.717, 1.165) is 16.7 Å². The van der Waals surface area contributed by atoms with Crippen molar-refractivity contribution in [2.45, 2.75) is 20.3 Å². The van der Waals surface area contributed by atoms with Gasteiger partial charge in [0, 0.05) is 0 Å². The van der Waals surface area contributed by atoms with Crippen molar-refractivity contribution in [1.29, 1.82) is 0 Å². The van der Waals surface area contributed by atoms with Crippen LogP contribution >= 0.6 is 0 Å². The van der Waals surface area contributed by atoms with Crippen molar-refractivity contribution in [3.8, 4) is 0 Å². The minimum atomic E-state index is -1.24. The largest absolute Gasteiger partial charge is 0.478 e. The first-order valence-electron chi connectivity index (χ1n) is 6.57. The van der Waals surface area contributed by atoms with Gasteiger partial charge in [-0.3, -0.25) is 0 Å². The monoisotopic (exact) mass is 284 g/mol. The van der Waals surface area contributed by atoms with E-state index >= 15 is 0 Å². The molecular formula is C17H16O4. The third-order valence-electron chi connectivity index (χ3n) is 3.45. The lowest BCUT2D eigenvalue weighted by Crippen LogP contribution is -2.12. The number of rotatable bonds is 3. The molecule has 0 atom stereocenters. The summed E-state index contributed by atoms with van der Waals surface area (Å²) < 4.78 is 0. The number of allylic oxidation sites excluding steroid dienone is 6. The van der Waals surface area contributed by atoms with Gasteiger partial charge < -0.3 is 10.2 Å². The van der Waals surface area contributed by atoms with E-state index < -0.39 is 11.9 Å². The first-order valence-corrected chi connectivity index (χ1v) is 6.57. The molecule has 21 heavy (non-hydrogen) atoms. The molecule has 1 aliphatic carbocycles. The van der Waals surface area contributed by atoms with Crippen molar-refractivity contribution in [3.05, 3.63) is 64.3 Å². The molecule has 0 saturated heterocycles. The van der Waals surface area contributed by atoms with Gasteiger partial charge in [0.15, 0.2) is 0 Å². The quantitative estimate of drug-likeness (QED) is 0.886. The lowest BCUT2D eigenvalue weighted by Gasteiger charge is -2.18. The minimum Gasteiger partial charge on any atom is -0.478 e. The Bertz CT molecular complexity index is 702. The SMILES string of the molecule is CC(C)=C1CC=CC=C1c1cccc(C(=O)O)c1C(=O)O. The van der Waals surface area contributed by atoms with Crippen molar-refractivity contribution in [2.24, 2.45) is 0 Å². The van der Waals surface area contributed by atoms with Gasteiger partial charge in [0.05, 0.1) is 11.1 Å². The maximum atomic E-state index is 11.5. The second-order valence-electron chi connectivity index (χ2n) is 5.03. The highest BCUT2D eigenvalue weighted by molar-refractivity contribution is 6.06. The zero-order chi connectivity index (χ0) is 15.6. The molecule has 4 heteroatoms. The molecule has 1 aliphatic rings. The van der Waals surface area contributed by atoms with E-state index in [1.165, 1.54) is 6.07 Å². The van der Waals surface area contributed by atoms with Gasteiger partial charge in [-0.2, -0.15) is 0 Å². The molecule has 0 bridgehead atoms. The molecule has 0 unspecified atom stereocenters. The van der Waals surface area contributed by atoms with E-state index in [1.807, 2.05) is 32.1 Å². The zero-order valence-electron chi connectivity index (χ0n) is 11.9. The van der Waals surface area contributed by atoms with Gasteiger partial charge in [0.2, 0.25) is 0 Å². The second kappa shape index (κ2) is 5.79. The normalized spacial score (nSPS) is 13.8. The van der Waals surface area contributed by atoms with Crippen molar-refractivity contribution < 1.29 is 19.8 Å². The third-order valence-corrected chi connectivity index (χ3v) is 3.45. The predicted molar refractivity (Wildman–Crippen MR) is 80.5 cm³/mol. The van der Waals surface area contributed by atoms with E-state index in [-0.39, 0.29) is 11.1 Å². The highest BCUT2D eigenvalue weighted by Gasteiger charge is 2.23. The average molecular weight is 284 g/mol.